The molecule has 1 amide bonds. The van der Waals surface area contributed by atoms with Crippen LogP contribution in [-0.4, -0.2) is 42.3 Å². The van der Waals surface area contributed by atoms with E-state index in [0.717, 1.165) is 23.7 Å². The number of hydrogen-bond donors (Lipinski definition) is 2. The van der Waals surface area contributed by atoms with E-state index in [1.807, 2.05) is 25.1 Å². The molecule has 4 nitrogen and oxygen atoms in total. The van der Waals surface area contributed by atoms with Gasteiger partial charge in [-0.05, 0) is 49.3 Å². The van der Waals surface area contributed by atoms with Gasteiger partial charge < -0.3 is 15.2 Å². The van der Waals surface area contributed by atoms with Crippen molar-refractivity contribution in [2.24, 2.45) is 0 Å². The van der Waals surface area contributed by atoms with E-state index < -0.39 is 0 Å². The molecule has 2 N–H and O–H groups in total. The van der Waals surface area contributed by atoms with E-state index >= 15 is 0 Å². The molecule has 1 aromatic rings. The molecule has 0 radical (unpaired) electrons. The van der Waals surface area contributed by atoms with E-state index in [0.29, 0.717) is 19.6 Å². The molecule has 0 bridgehead atoms. The number of aliphatic hydroxyl groups excluding tert-OH is 1. The Labute approximate surface area is 131 Å². The summed E-state index contributed by atoms with van der Waals surface area (Å²) in [4.78, 5) is 11.6. The first-order valence-electron chi connectivity index (χ1n) is 7.29. The molecule has 0 unspecified atom stereocenters. The highest BCUT2D eigenvalue weighted by atomic mass is 32.2. The fraction of sp³-hybridized carbons (Fsp3) is 0.562. The molecule has 1 aromatic carbocycles. The van der Waals surface area contributed by atoms with Crippen LogP contribution >= 0.6 is 11.8 Å². The van der Waals surface area contributed by atoms with E-state index in [2.05, 4.69) is 12.2 Å². The van der Waals surface area contributed by atoms with Crippen molar-refractivity contribution in [1.82, 2.24) is 5.32 Å². The Kier molecular flexibility index (Phi) is 8.94. The number of carbonyl (C=O) groups excluding carboxylic acids is 1. The number of ether oxygens (including phenoxy) is 1. The highest BCUT2D eigenvalue weighted by Gasteiger charge is 2.02. The highest BCUT2D eigenvalue weighted by Crippen LogP contribution is 2.16. The fourth-order valence-corrected chi connectivity index (χ4v) is 2.47. The van der Waals surface area contributed by atoms with E-state index in [1.165, 1.54) is 11.1 Å². The Morgan fingerprint density at radius 1 is 1.29 bits per heavy atom. The molecule has 0 atom stereocenters. The normalized spacial score (nSPS) is 10.4. The average molecular weight is 311 g/mol. The first-order valence-corrected chi connectivity index (χ1v) is 8.44. The maximum Gasteiger partial charge on any atom is 0.223 e. The second-order valence-electron chi connectivity index (χ2n) is 4.88. The molecule has 0 saturated carbocycles. The van der Waals surface area contributed by atoms with Gasteiger partial charge in [0.25, 0.3) is 0 Å². The van der Waals surface area contributed by atoms with Crippen LogP contribution in [0.25, 0.3) is 0 Å². The van der Waals surface area contributed by atoms with Gasteiger partial charge in [0.05, 0.1) is 13.0 Å². The molecule has 21 heavy (non-hydrogen) atoms. The summed E-state index contributed by atoms with van der Waals surface area (Å²) in [6, 6.07) is 5.94. The number of aliphatic hydroxyl groups is 1. The van der Waals surface area contributed by atoms with Crippen molar-refractivity contribution in [2.45, 2.75) is 26.7 Å². The number of thioether (sulfide) groups is 1. The van der Waals surface area contributed by atoms with E-state index in [9.17, 15) is 4.79 Å². The highest BCUT2D eigenvalue weighted by molar-refractivity contribution is 7.99. The van der Waals surface area contributed by atoms with E-state index in [4.69, 9.17) is 9.84 Å². The average Bonchev–Trinajstić information content (AvgIpc) is 2.46. The molecule has 0 fully saturated rings. The maximum atomic E-state index is 11.6. The van der Waals surface area contributed by atoms with Gasteiger partial charge in [-0.3, -0.25) is 4.79 Å². The molecule has 0 aliphatic heterocycles. The number of nitrogens with one attached hydrogen (secondary N) is 1. The zero-order chi connectivity index (χ0) is 15.5. The van der Waals surface area contributed by atoms with Crippen LogP contribution in [0.1, 0.15) is 24.0 Å². The van der Waals surface area contributed by atoms with Crippen molar-refractivity contribution < 1.29 is 14.6 Å². The molecule has 0 aliphatic rings. The minimum Gasteiger partial charge on any atom is -0.493 e. The second-order valence-corrected chi connectivity index (χ2v) is 6.11. The largest absolute Gasteiger partial charge is 0.493 e. The van der Waals surface area contributed by atoms with Gasteiger partial charge in [0.2, 0.25) is 5.91 Å². The Balaban J connectivity index is 2.09. The Morgan fingerprint density at radius 3 is 2.81 bits per heavy atom. The summed E-state index contributed by atoms with van der Waals surface area (Å²) in [5, 5.41) is 11.5. The van der Waals surface area contributed by atoms with Gasteiger partial charge in [-0.2, -0.15) is 11.8 Å². The predicted molar refractivity (Wildman–Crippen MR) is 88.1 cm³/mol. The topological polar surface area (TPSA) is 58.6 Å². The number of hydrogen-bond acceptors (Lipinski definition) is 4. The lowest BCUT2D eigenvalue weighted by molar-refractivity contribution is -0.121. The summed E-state index contributed by atoms with van der Waals surface area (Å²) < 4.78 is 5.58. The van der Waals surface area contributed by atoms with Crippen LogP contribution < -0.4 is 10.1 Å². The van der Waals surface area contributed by atoms with Crippen LogP contribution in [0.3, 0.4) is 0 Å². The van der Waals surface area contributed by atoms with E-state index in [-0.39, 0.29) is 12.5 Å². The molecule has 0 aromatic heterocycles. The van der Waals surface area contributed by atoms with Crippen LogP contribution in [0.4, 0.5) is 0 Å². The number of amides is 1. The molecule has 0 aliphatic carbocycles. The Bertz CT molecular complexity index is 438. The van der Waals surface area contributed by atoms with E-state index in [1.54, 1.807) is 11.8 Å². The fourth-order valence-electron chi connectivity index (χ4n) is 1.68. The van der Waals surface area contributed by atoms with Crippen molar-refractivity contribution >= 4 is 17.7 Å². The van der Waals surface area contributed by atoms with Gasteiger partial charge in [-0.1, -0.05) is 6.07 Å². The van der Waals surface area contributed by atoms with Crippen molar-refractivity contribution in [2.75, 3.05) is 31.3 Å². The van der Waals surface area contributed by atoms with Crippen LogP contribution in [0.2, 0.25) is 0 Å². The smallest absolute Gasteiger partial charge is 0.223 e. The third kappa shape index (κ3) is 7.97. The van der Waals surface area contributed by atoms with Crippen molar-refractivity contribution in [3.63, 3.8) is 0 Å². The summed E-state index contributed by atoms with van der Waals surface area (Å²) >= 11 is 1.74. The van der Waals surface area contributed by atoms with Gasteiger partial charge >= 0.3 is 0 Å². The molecular weight excluding hydrogens is 286 g/mol. The third-order valence-electron chi connectivity index (χ3n) is 3.09. The minimum absolute atomic E-state index is 0.0154. The molecule has 0 saturated heterocycles. The summed E-state index contributed by atoms with van der Waals surface area (Å²) in [5.74, 6) is 2.64. The van der Waals surface area contributed by atoms with Gasteiger partial charge in [0.1, 0.15) is 5.75 Å². The number of rotatable bonds is 10. The Hall–Kier alpha value is -1.20. The first-order chi connectivity index (χ1) is 10.1. The summed E-state index contributed by atoms with van der Waals surface area (Å²) in [6.45, 7) is 5.40. The van der Waals surface area contributed by atoms with Crippen LogP contribution in [0.15, 0.2) is 18.2 Å². The zero-order valence-electron chi connectivity index (χ0n) is 12.9. The Morgan fingerprint density at radius 2 is 2.10 bits per heavy atom. The minimum atomic E-state index is 0.0154. The summed E-state index contributed by atoms with van der Waals surface area (Å²) in [6.07, 6.45) is 1.18. The lowest BCUT2D eigenvalue weighted by atomic mass is 10.1. The lowest BCUT2D eigenvalue weighted by Gasteiger charge is -2.09. The summed E-state index contributed by atoms with van der Waals surface area (Å²) in [5.41, 5.74) is 2.43. The van der Waals surface area contributed by atoms with Crippen LogP contribution in [-0.2, 0) is 4.79 Å². The molecule has 118 valence electrons. The third-order valence-corrected chi connectivity index (χ3v) is 4.16. The summed E-state index contributed by atoms with van der Waals surface area (Å²) in [7, 11) is 0. The van der Waals surface area contributed by atoms with Gasteiger partial charge in [0.15, 0.2) is 0 Å². The maximum absolute atomic E-state index is 11.6. The molecule has 1 rings (SSSR count). The monoisotopic (exact) mass is 311 g/mol. The standard InChI is InChI=1S/C16H25NO3S/c1-13-4-5-15(12-14(13)2)20-9-6-16(19)17-7-11-21-10-3-8-18/h4-5,12,18H,3,6-11H2,1-2H3,(H,17,19). The van der Waals surface area contributed by atoms with Crippen LogP contribution in [0.5, 0.6) is 5.75 Å². The molecule has 5 heteroatoms. The number of benzene rings is 1. The van der Waals surface area contributed by atoms with Gasteiger partial charge in [0, 0.05) is 18.9 Å². The first kappa shape index (κ1) is 17.9. The van der Waals surface area contributed by atoms with Gasteiger partial charge in [-0.15, -0.1) is 0 Å². The predicted octanol–water partition coefficient (Wildman–Crippen LogP) is 2.30. The quantitative estimate of drug-likeness (QED) is 0.651. The van der Waals surface area contributed by atoms with Crippen molar-refractivity contribution in [3.05, 3.63) is 29.3 Å². The van der Waals surface area contributed by atoms with Crippen LogP contribution in [0, 0.1) is 13.8 Å². The van der Waals surface area contributed by atoms with Gasteiger partial charge in [-0.25, -0.2) is 0 Å². The van der Waals surface area contributed by atoms with Crippen molar-refractivity contribution in [1.29, 1.82) is 0 Å². The number of aryl methyl sites for hydroxylation is 2. The van der Waals surface area contributed by atoms with Crippen molar-refractivity contribution in [3.8, 4) is 5.75 Å². The zero-order valence-corrected chi connectivity index (χ0v) is 13.7. The lowest BCUT2D eigenvalue weighted by Crippen LogP contribution is -2.27. The molecule has 0 spiro atoms. The number of carbonyl (C=O) groups is 1. The molecular formula is C16H25NO3S. The molecule has 0 heterocycles. The second kappa shape index (κ2) is 10.5. The SMILES string of the molecule is Cc1ccc(OCCC(=O)NCCSCCCO)cc1C.